The standard InChI is InChI=1S/C15H9ClN2S2/c16-10-5-3-9(4-6-10)15-13(11-2-1-7-19-11)14(18)12(8-17)20-15/h1-7H,18H2. The summed E-state index contributed by atoms with van der Waals surface area (Å²) in [5, 5.41) is 11.9. The van der Waals surface area contributed by atoms with Crippen molar-refractivity contribution in [1.29, 1.82) is 5.26 Å². The maximum absolute atomic E-state index is 9.21. The van der Waals surface area contributed by atoms with E-state index in [2.05, 4.69) is 6.07 Å². The van der Waals surface area contributed by atoms with Crippen LogP contribution in [0, 0.1) is 11.3 Å². The summed E-state index contributed by atoms with van der Waals surface area (Å²) >= 11 is 8.97. The van der Waals surface area contributed by atoms with Crippen LogP contribution in [0.15, 0.2) is 41.8 Å². The number of hydrogen-bond donors (Lipinski definition) is 1. The Kier molecular flexibility index (Phi) is 3.49. The largest absolute Gasteiger partial charge is 0.396 e. The van der Waals surface area contributed by atoms with Crippen LogP contribution in [-0.4, -0.2) is 0 Å². The van der Waals surface area contributed by atoms with Crippen molar-refractivity contribution in [2.24, 2.45) is 0 Å². The third-order valence-corrected chi connectivity index (χ3v) is 5.22. The molecule has 3 rings (SSSR count). The van der Waals surface area contributed by atoms with E-state index in [0.717, 1.165) is 20.9 Å². The highest BCUT2D eigenvalue weighted by molar-refractivity contribution is 7.18. The Morgan fingerprint density at radius 2 is 1.90 bits per heavy atom. The second kappa shape index (κ2) is 5.29. The Labute approximate surface area is 129 Å². The van der Waals surface area contributed by atoms with Crippen molar-refractivity contribution in [3.63, 3.8) is 0 Å². The molecule has 0 amide bonds. The lowest BCUT2D eigenvalue weighted by Gasteiger charge is -2.03. The van der Waals surface area contributed by atoms with E-state index in [4.69, 9.17) is 17.3 Å². The van der Waals surface area contributed by atoms with E-state index in [1.807, 2.05) is 41.8 Å². The number of halogens is 1. The lowest BCUT2D eigenvalue weighted by molar-refractivity contribution is 1.52. The van der Waals surface area contributed by atoms with Crippen LogP contribution < -0.4 is 5.73 Å². The predicted molar refractivity (Wildman–Crippen MR) is 87.2 cm³/mol. The number of nitriles is 1. The maximum atomic E-state index is 9.21. The molecule has 2 heterocycles. The highest BCUT2D eigenvalue weighted by Gasteiger charge is 2.19. The molecule has 98 valence electrons. The summed E-state index contributed by atoms with van der Waals surface area (Å²) < 4.78 is 0. The van der Waals surface area contributed by atoms with Crippen LogP contribution in [0.3, 0.4) is 0 Å². The molecular formula is C15H9ClN2S2. The molecule has 0 aliphatic rings. The van der Waals surface area contributed by atoms with Gasteiger partial charge in [0, 0.05) is 20.3 Å². The zero-order chi connectivity index (χ0) is 14.1. The Morgan fingerprint density at radius 1 is 1.15 bits per heavy atom. The first-order valence-corrected chi connectivity index (χ1v) is 7.90. The van der Waals surface area contributed by atoms with Crippen molar-refractivity contribution in [2.75, 3.05) is 5.73 Å². The number of benzene rings is 1. The Morgan fingerprint density at radius 3 is 2.50 bits per heavy atom. The first kappa shape index (κ1) is 13.2. The molecule has 0 aliphatic heterocycles. The van der Waals surface area contributed by atoms with Crippen LogP contribution in [0.25, 0.3) is 20.9 Å². The molecule has 0 saturated heterocycles. The average Bonchev–Trinajstić information content (AvgIpc) is 3.07. The minimum atomic E-state index is 0.554. The third kappa shape index (κ3) is 2.20. The van der Waals surface area contributed by atoms with Crippen molar-refractivity contribution < 1.29 is 0 Å². The minimum Gasteiger partial charge on any atom is -0.396 e. The van der Waals surface area contributed by atoms with Crippen molar-refractivity contribution in [3.8, 4) is 27.0 Å². The van der Waals surface area contributed by atoms with E-state index in [-0.39, 0.29) is 0 Å². The van der Waals surface area contributed by atoms with Crippen LogP contribution in [-0.2, 0) is 0 Å². The smallest absolute Gasteiger partial charge is 0.129 e. The van der Waals surface area contributed by atoms with Gasteiger partial charge in [0.1, 0.15) is 10.9 Å². The normalized spacial score (nSPS) is 10.4. The summed E-state index contributed by atoms with van der Waals surface area (Å²) in [6, 6.07) is 13.8. The van der Waals surface area contributed by atoms with Crippen molar-refractivity contribution in [1.82, 2.24) is 0 Å². The van der Waals surface area contributed by atoms with E-state index in [9.17, 15) is 5.26 Å². The third-order valence-electron chi connectivity index (χ3n) is 2.92. The molecule has 0 aliphatic carbocycles. The molecule has 0 unspecified atom stereocenters. The molecule has 3 aromatic rings. The Hall–Kier alpha value is -1.80. The molecule has 2 aromatic heterocycles. The molecule has 0 fully saturated rings. The lowest BCUT2D eigenvalue weighted by atomic mass is 10.1. The molecule has 2 N–H and O–H groups in total. The number of anilines is 1. The quantitative estimate of drug-likeness (QED) is 0.702. The number of nitrogens with two attached hydrogens (primary N) is 1. The van der Waals surface area contributed by atoms with Gasteiger partial charge in [0.25, 0.3) is 0 Å². The van der Waals surface area contributed by atoms with E-state index in [1.54, 1.807) is 11.3 Å². The van der Waals surface area contributed by atoms with Gasteiger partial charge in [-0.25, -0.2) is 0 Å². The predicted octanol–water partition coefficient (Wildman–Crippen LogP) is 5.25. The first-order chi connectivity index (χ1) is 9.70. The maximum Gasteiger partial charge on any atom is 0.129 e. The Bertz CT molecular complexity index is 781. The van der Waals surface area contributed by atoms with Crippen LogP contribution in [0.5, 0.6) is 0 Å². The van der Waals surface area contributed by atoms with Gasteiger partial charge < -0.3 is 5.73 Å². The van der Waals surface area contributed by atoms with Crippen molar-refractivity contribution in [2.45, 2.75) is 0 Å². The topological polar surface area (TPSA) is 49.8 Å². The molecule has 0 spiro atoms. The number of nitrogens with zero attached hydrogens (tertiary/aromatic N) is 1. The van der Waals surface area contributed by atoms with Crippen molar-refractivity contribution in [3.05, 3.63) is 51.7 Å². The average molecular weight is 317 g/mol. The molecule has 0 atom stereocenters. The van der Waals surface area contributed by atoms with Gasteiger partial charge >= 0.3 is 0 Å². The SMILES string of the molecule is N#Cc1sc(-c2ccc(Cl)cc2)c(-c2cccs2)c1N. The van der Waals surface area contributed by atoms with Gasteiger partial charge in [-0.1, -0.05) is 29.8 Å². The van der Waals surface area contributed by atoms with Gasteiger partial charge in [0.15, 0.2) is 0 Å². The van der Waals surface area contributed by atoms with E-state index in [1.165, 1.54) is 11.3 Å². The molecule has 0 radical (unpaired) electrons. The summed E-state index contributed by atoms with van der Waals surface area (Å²) in [4.78, 5) is 2.64. The lowest BCUT2D eigenvalue weighted by Crippen LogP contribution is -1.87. The summed E-state index contributed by atoms with van der Waals surface area (Å²) in [5.74, 6) is 0. The number of thiophene rings is 2. The molecule has 0 bridgehead atoms. The van der Waals surface area contributed by atoms with Gasteiger partial charge in [-0.05, 0) is 29.1 Å². The fraction of sp³-hybridized carbons (Fsp3) is 0. The van der Waals surface area contributed by atoms with Gasteiger partial charge in [-0.15, -0.1) is 22.7 Å². The van der Waals surface area contributed by atoms with Crippen LogP contribution in [0.1, 0.15) is 4.88 Å². The first-order valence-electron chi connectivity index (χ1n) is 5.83. The highest BCUT2D eigenvalue weighted by Crippen LogP contribution is 2.46. The van der Waals surface area contributed by atoms with Crippen LogP contribution in [0.2, 0.25) is 5.02 Å². The zero-order valence-electron chi connectivity index (χ0n) is 10.3. The fourth-order valence-electron chi connectivity index (χ4n) is 2.00. The Balaban J connectivity index is 2.25. The van der Waals surface area contributed by atoms with Gasteiger partial charge in [-0.2, -0.15) is 5.26 Å². The molecule has 1 aromatic carbocycles. The van der Waals surface area contributed by atoms with Crippen LogP contribution in [0.4, 0.5) is 5.69 Å². The molecule has 2 nitrogen and oxygen atoms in total. The van der Waals surface area contributed by atoms with Gasteiger partial charge in [0.05, 0.1) is 5.69 Å². The van der Waals surface area contributed by atoms with Crippen molar-refractivity contribution >= 4 is 40.0 Å². The number of rotatable bonds is 2. The summed E-state index contributed by atoms with van der Waals surface area (Å²) in [5.41, 5.74) is 8.67. The molecule has 20 heavy (non-hydrogen) atoms. The zero-order valence-corrected chi connectivity index (χ0v) is 12.6. The van der Waals surface area contributed by atoms with E-state index >= 15 is 0 Å². The number of hydrogen-bond acceptors (Lipinski definition) is 4. The summed E-state index contributed by atoms with van der Waals surface area (Å²) in [7, 11) is 0. The van der Waals surface area contributed by atoms with Crippen LogP contribution >= 0.6 is 34.3 Å². The minimum absolute atomic E-state index is 0.554. The highest BCUT2D eigenvalue weighted by atomic mass is 35.5. The molecular weight excluding hydrogens is 308 g/mol. The second-order valence-electron chi connectivity index (χ2n) is 4.14. The monoisotopic (exact) mass is 316 g/mol. The molecule has 5 heteroatoms. The number of nitrogen functional groups attached to an aromatic ring is 1. The molecule has 0 saturated carbocycles. The summed E-state index contributed by atoms with van der Waals surface area (Å²) in [6.07, 6.45) is 0. The van der Waals surface area contributed by atoms with E-state index < -0.39 is 0 Å². The fourth-order valence-corrected chi connectivity index (χ4v) is 4.02. The van der Waals surface area contributed by atoms with Gasteiger partial charge in [0.2, 0.25) is 0 Å². The second-order valence-corrected chi connectivity index (χ2v) is 6.55. The summed E-state index contributed by atoms with van der Waals surface area (Å²) in [6.45, 7) is 0. The van der Waals surface area contributed by atoms with Gasteiger partial charge in [-0.3, -0.25) is 0 Å². The van der Waals surface area contributed by atoms with E-state index in [0.29, 0.717) is 15.6 Å².